The first kappa shape index (κ1) is 12.5. The van der Waals surface area contributed by atoms with Crippen LogP contribution in [0.5, 0.6) is 0 Å². The number of benzene rings is 1. The lowest BCUT2D eigenvalue weighted by atomic mass is 10.1. The number of carbonyl (C=O) groups is 2. The third kappa shape index (κ3) is 3.04. The van der Waals surface area contributed by atoms with Gasteiger partial charge in [0.15, 0.2) is 5.78 Å². The molecule has 0 aliphatic carbocycles. The highest BCUT2D eigenvalue weighted by atomic mass is 32.2. The van der Waals surface area contributed by atoms with Crippen molar-refractivity contribution in [3.05, 3.63) is 23.8 Å². The van der Waals surface area contributed by atoms with Crippen LogP contribution in [0.1, 0.15) is 16.8 Å². The van der Waals surface area contributed by atoms with E-state index in [0.717, 1.165) is 16.3 Å². The van der Waals surface area contributed by atoms with Crippen LogP contribution < -0.4 is 5.32 Å². The van der Waals surface area contributed by atoms with Crippen molar-refractivity contribution in [2.75, 3.05) is 23.1 Å². The van der Waals surface area contributed by atoms with E-state index in [1.54, 1.807) is 17.8 Å². The third-order valence-corrected chi connectivity index (χ3v) is 4.15. The molecule has 3 nitrogen and oxygen atoms in total. The van der Waals surface area contributed by atoms with Crippen LogP contribution in [0.25, 0.3) is 0 Å². The highest BCUT2D eigenvalue weighted by Gasteiger charge is 2.16. The number of amides is 1. The Morgan fingerprint density at radius 3 is 3.12 bits per heavy atom. The molecule has 1 heterocycles. The monoisotopic (exact) mass is 267 g/mol. The number of hydrogen-bond donors (Lipinski definition) is 1. The average molecular weight is 267 g/mol. The van der Waals surface area contributed by atoms with Gasteiger partial charge < -0.3 is 5.32 Å². The summed E-state index contributed by atoms with van der Waals surface area (Å²) in [5, 5.41) is 2.79. The van der Waals surface area contributed by atoms with E-state index in [2.05, 4.69) is 5.32 Å². The molecule has 1 amide bonds. The third-order valence-electron chi connectivity index (χ3n) is 2.47. The van der Waals surface area contributed by atoms with Crippen LogP contribution in [-0.2, 0) is 4.79 Å². The van der Waals surface area contributed by atoms with Gasteiger partial charge in [-0.25, -0.2) is 0 Å². The van der Waals surface area contributed by atoms with Gasteiger partial charge in [-0.1, -0.05) is 6.07 Å². The summed E-state index contributed by atoms with van der Waals surface area (Å²) in [7, 11) is 0. The van der Waals surface area contributed by atoms with Crippen LogP contribution >= 0.6 is 23.5 Å². The molecule has 0 atom stereocenters. The summed E-state index contributed by atoms with van der Waals surface area (Å²) < 4.78 is 0. The van der Waals surface area contributed by atoms with Crippen molar-refractivity contribution in [3.63, 3.8) is 0 Å². The smallest absolute Gasteiger partial charge is 0.234 e. The second-order valence-corrected chi connectivity index (χ2v) is 5.72. The summed E-state index contributed by atoms with van der Waals surface area (Å²) >= 11 is 3.17. The molecular formula is C12H13NO2S2. The topological polar surface area (TPSA) is 46.2 Å². The van der Waals surface area contributed by atoms with Gasteiger partial charge in [0.05, 0.1) is 11.4 Å². The van der Waals surface area contributed by atoms with Crippen LogP contribution in [0.15, 0.2) is 23.1 Å². The molecule has 0 saturated carbocycles. The number of ketones is 1. The molecule has 0 radical (unpaired) electrons. The Labute approximate surface area is 109 Å². The largest absolute Gasteiger partial charge is 0.324 e. The lowest BCUT2D eigenvalue weighted by molar-refractivity contribution is -0.113. The Balaban J connectivity index is 2.18. The number of rotatable bonds is 4. The number of carbonyl (C=O) groups excluding carboxylic acids is 2. The van der Waals surface area contributed by atoms with E-state index in [1.807, 2.05) is 18.4 Å². The van der Waals surface area contributed by atoms with Gasteiger partial charge in [-0.15, -0.1) is 11.8 Å². The van der Waals surface area contributed by atoms with E-state index in [4.69, 9.17) is 0 Å². The minimum Gasteiger partial charge on any atom is -0.324 e. The highest BCUT2D eigenvalue weighted by molar-refractivity contribution is 8.00. The Morgan fingerprint density at radius 2 is 2.35 bits per heavy atom. The Kier molecular flexibility index (Phi) is 4.12. The molecular weight excluding hydrogens is 254 g/mol. The number of Topliss-reactive ketones (excluding diaryl/α,β-unsaturated/α-hetero) is 1. The summed E-state index contributed by atoms with van der Waals surface area (Å²) in [6.07, 6.45) is 2.53. The van der Waals surface area contributed by atoms with Crippen molar-refractivity contribution in [1.29, 1.82) is 0 Å². The predicted octanol–water partition coefficient (Wildman–Crippen LogP) is 2.67. The molecule has 90 valence electrons. The Hall–Kier alpha value is -0.940. The van der Waals surface area contributed by atoms with Crippen LogP contribution in [0, 0.1) is 0 Å². The summed E-state index contributed by atoms with van der Waals surface area (Å²) in [6, 6.07) is 5.53. The maximum atomic E-state index is 11.8. The van der Waals surface area contributed by atoms with Gasteiger partial charge in [0.25, 0.3) is 0 Å². The molecule has 0 spiro atoms. The van der Waals surface area contributed by atoms with E-state index in [1.165, 1.54) is 11.8 Å². The number of hydrogen-bond acceptors (Lipinski definition) is 4. The van der Waals surface area contributed by atoms with Crippen molar-refractivity contribution in [3.8, 4) is 0 Å². The quantitative estimate of drug-likeness (QED) is 0.852. The van der Waals surface area contributed by atoms with E-state index < -0.39 is 0 Å². The maximum Gasteiger partial charge on any atom is 0.234 e. The maximum absolute atomic E-state index is 11.8. The van der Waals surface area contributed by atoms with Gasteiger partial charge in [0, 0.05) is 22.6 Å². The molecule has 1 aromatic carbocycles. The lowest BCUT2D eigenvalue weighted by Crippen LogP contribution is -2.19. The van der Waals surface area contributed by atoms with Crippen molar-refractivity contribution in [1.82, 2.24) is 0 Å². The van der Waals surface area contributed by atoms with Gasteiger partial charge in [-0.2, -0.15) is 11.8 Å². The van der Waals surface area contributed by atoms with Crippen molar-refractivity contribution >= 4 is 40.9 Å². The Morgan fingerprint density at radius 1 is 1.53 bits per heavy atom. The molecule has 1 N–H and O–H groups in total. The molecule has 2 rings (SSSR count). The molecule has 0 bridgehead atoms. The minimum atomic E-state index is -0.00351. The average Bonchev–Trinajstić information content (AvgIpc) is 2.35. The second kappa shape index (κ2) is 5.60. The van der Waals surface area contributed by atoms with Crippen molar-refractivity contribution < 1.29 is 9.59 Å². The van der Waals surface area contributed by atoms with Gasteiger partial charge in [0.2, 0.25) is 5.91 Å². The molecule has 1 aromatic rings. The summed E-state index contributed by atoms with van der Waals surface area (Å²) in [5.74, 6) is 1.41. The minimum absolute atomic E-state index is 0.00351. The predicted molar refractivity (Wildman–Crippen MR) is 73.1 cm³/mol. The van der Waals surface area contributed by atoms with E-state index in [0.29, 0.717) is 17.7 Å². The molecule has 0 saturated heterocycles. The number of fused-ring (bicyclic) bond motifs is 1. The molecule has 0 unspecified atom stereocenters. The first-order valence-electron chi connectivity index (χ1n) is 5.29. The van der Waals surface area contributed by atoms with Gasteiger partial charge in [-0.05, 0) is 18.4 Å². The molecule has 1 aliphatic heterocycles. The fourth-order valence-corrected chi connectivity index (χ4v) is 2.77. The molecule has 1 aliphatic rings. The molecule has 17 heavy (non-hydrogen) atoms. The molecule has 0 fully saturated rings. The number of anilines is 1. The van der Waals surface area contributed by atoms with Gasteiger partial charge >= 0.3 is 0 Å². The second-order valence-electron chi connectivity index (χ2n) is 3.71. The van der Waals surface area contributed by atoms with Crippen LogP contribution in [-0.4, -0.2) is 29.5 Å². The van der Waals surface area contributed by atoms with Crippen LogP contribution in [0.3, 0.4) is 0 Å². The van der Waals surface area contributed by atoms with E-state index >= 15 is 0 Å². The first-order chi connectivity index (χ1) is 8.20. The van der Waals surface area contributed by atoms with E-state index in [9.17, 15) is 9.59 Å². The Bertz CT molecular complexity index is 460. The zero-order valence-corrected chi connectivity index (χ0v) is 11.1. The zero-order valence-electron chi connectivity index (χ0n) is 9.49. The van der Waals surface area contributed by atoms with Crippen LogP contribution in [0.4, 0.5) is 5.69 Å². The normalized spacial score (nSPS) is 14.1. The zero-order chi connectivity index (χ0) is 12.3. The fraction of sp³-hybridized carbons (Fsp3) is 0.333. The van der Waals surface area contributed by atoms with Gasteiger partial charge in [-0.3, -0.25) is 9.59 Å². The lowest BCUT2D eigenvalue weighted by Gasteiger charge is -2.16. The molecule has 5 heteroatoms. The van der Waals surface area contributed by atoms with E-state index in [-0.39, 0.29) is 11.7 Å². The summed E-state index contributed by atoms with van der Waals surface area (Å²) in [6.45, 7) is 0. The van der Waals surface area contributed by atoms with Gasteiger partial charge in [0.1, 0.15) is 0 Å². The number of nitrogens with one attached hydrogen (secondary N) is 1. The first-order valence-corrected chi connectivity index (χ1v) is 7.67. The standard InChI is InChI=1S/C12H13NO2S2/c1-16-5-4-10(14)8-2-3-11-9(6-8)13-12(15)7-17-11/h2-3,6H,4-5,7H2,1H3,(H,13,15). The molecule has 0 aromatic heterocycles. The van der Waals surface area contributed by atoms with Crippen LogP contribution in [0.2, 0.25) is 0 Å². The SMILES string of the molecule is CSCCC(=O)c1ccc2c(c1)NC(=O)CS2. The number of thioether (sulfide) groups is 2. The highest BCUT2D eigenvalue weighted by Crippen LogP contribution is 2.32. The summed E-state index contributed by atoms with van der Waals surface area (Å²) in [4.78, 5) is 24.1. The van der Waals surface area contributed by atoms with Crippen molar-refractivity contribution in [2.45, 2.75) is 11.3 Å². The summed E-state index contributed by atoms with van der Waals surface area (Å²) in [5.41, 5.74) is 1.45. The fourth-order valence-electron chi connectivity index (χ4n) is 1.60. The van der Waals surface area contributed by atoms with Crippen molar-refractivity contribution in [2.24, 2.45) is 0 Å².